The van der Waals surface area contributed by atoms with E-state index in [4.69, 9.17) is 9.47 Å². The number of aryl methyl sites for hydroxylation is 2. The summed E-state index contributed by atoms with van der Waals surface area (Å²) in [5, 5.41) is 7.72. The van der Waals surface area contributed by atoms with Gasteiger partial charge in [-0.3, -0.25) is 4.98 Å². The molecule has 0 aliphatic rings. The van der Waals surface area contributed by atoms with Crippen molar-refractivity contribution in [3.05, 3.63) is 78.0 Å². The Balaban J connectivity index is 1.39. The van der Waals surface area contributed by atoms with Crippen LogP contribution in [-0.4, -0.2) is 31.8 Å². The molecule has 0 saturated heterocycles. The Kier molecular flexibility index (Phi) is 5.56. The predicted molar refractivity (Wildman–Crippen MR) is 113 cm³/mol. The van der Waals surface area contributed by atoms with Crippen molar-refractivity contribution in [2.45, 2.75) is 20.4 Å². The minimum atomic E-state index is 0.512. The molecule has 0 amide bonds. The van der Waals surface area contributed by atoms with Gasteiger partial charge in [0.25, 0.3) is 0 Å². The minimum Gasteiger partial charge on any atom is -0.497 e. The van der Waals surface area contributed by atoms with E-state index >= 15 is 0 Å². The third-order valence-electron chi connectivity index (χ3n) is 4.38. The fourth-order valence-corrected chi connectivity index (χ4v) is 2.96. The lowest BCUT2D eigenvalue weighted by atomic mass is 10.3. The van der Waals surface area contributed by atoms with E-state index < -0.39 is 0 Å². The molecule has 1 N–H and O–H groups in total. The Morgan fingerprint density at radius 2 is 1.87 bits per heavy atom. The SMILES string of the molecule is COc1cccc(Oc2ccc(CNc3cncc(-n4nc(C)cc4C)n3)cn2)c1. The highest BCUT2D eigenvalue weighted by molar-refractivity contribution is 5.38. The molecule has 0 atom stereocenters. The van der Waals surface area contributed by atoms with Crippen molar-refractivity contribution >= 4 is 5.82 Å². The van der Waals surface area contributed by atoms with Gasteiger partial charge in [0.15, 0.2) is 5.82 Å². The molecule has 0 aliphatic heterocycles. The highest BCUT2D eigenvalue weighted by Crippen LogP contribution is 2.24. The van der Waals surface area contributed by atoms with Crippen LogP contribution in [0.25, 0.3) is 5.82 Å². The van der Waals surface area contributed by atoms with Crippen LogP contribution in [0.3, 0.4) is 0 Å². The van der Waals surface area contributed by atoms with E-state index in [1.165, 1.54) is 0 Å². The van der Waals surface area contributed by atoms with Crippen LogP contribution < -0.4 is 14.8 Å². The Morgan fingerprint density at radius 3 is 2.60 bits per heavy atom. The monoisotopic (exact) mass is 402 g/mol. The summed E-state index contributed by atoms with van der Waals surface area (Å²) in [5.74, 6) is 3.25. The second-order valence-electron chi connectivity index (χ2n) is 6.74. The lowest BCUT2D eigenvalue weighted by Crippen LogP contribution is -2.07. The zero-order valence-electron chi connectivity index (χ0n) is 17.0. The van der Waals surface area contributed by atoms with E-state index in [9.17, 15) is 0 Å². The van der Waals surface area contributed by atoms with Gasteiger partial charge in [0.1, 0.15) is 17.3 Å². The van der Waals surface area contributed by atoms with Crippen LogP contribution in [0.5, 0.6) is 17.4 Å². The summed E-state index contributed by atoms with van der Waals surface area (Å²) in [6.45, 7) is 4.50. The van der Waals surface area contributed by atoms with Gasteiger partial charge in [-0.05, 0) is 37.6 Å². The number of nitrogens with zero attached hydrogens (tertiary/aromatic N) is 5. The topological polar surface area (TPSA) is 87.0 Å². The molecule has 0 saturated carbocycles. The molecule has 4 aromatic rings. The number of anilines is 1. The normalized spacial score (nSPS) is 10.6. The van der Waals surface area contributed by atoms with Gasteiger partial charge >= 0.3 is 0 Å². The van der Waals surface area contributed by atoms with Crippen molar-refractivity contribution in [1.82, 2.24) is 24.7 Å². The van der Waals surface area contributed by atoms with Crippen LogP contribution in [0.4, 0.5) is 5.82 Å². The fourth-order valence-electron chi connectivity index (χ4n) is 2.96. The van der Waals surface area contributed by atoms with Crippen molar-refractivity contribution in [3.63, 3.8) is 0 Å². The van der Waals surface area contributed by atoms with E-state index in [1.54, 1.807) is 30.4 Å². The van der Waals surface area contributed by atoms with Crippen molar-refractivity contribution in [1.29, 1.82) is 0 Å². The molecule has 152 valence electrons. The Labute approximate surface area is 174 Å². The van der Waals surface area contributed by atoms with Gasteiger partial charge in [-0.15, -0.1) is 0 Å². The van der Waals surface area contributed by atoms with Gasteiger partial charge < -0.3 is 14.8 Å². The second-order valence-corrected chi connectivity index (χ2v) is 6.74. The molecule has 30 heavy (non-hydrogen) atoms. The summed E-state index contributed by atoms with van der Waals surface area (Å²) in [6, 6.07) is 13.2. The molecule has 8 heteroatoms. The number of aromatic nitrogens is 5. The molecule has 4 rings (SSSR count). The maximum absolute atomic E-state index is 5.77. The van der Waals surface area contributed by atoms with Crippen molar-refractivity contribution in [2.75, 3.05) is 12.4 Å². The number of nitrogens with one attached hydrogen (secondary N) is 1. The number of rotatable bonds is 7. The smallest absolute Gasteiger partial charge is 0.219 e. The molecule has 3 aromatic heterocycles. The molecule has 0 fully saturated rings. The minimum absolute atomic E-state index is 0.512. The average molecular weight is 402 g/mol. The van der Waals surface area contributed by atoms with Gasteiger partial charge in [0, 0.05) is 30.6 Å². The molecule has 8 nitrogen and oxygen atoms in total. The predicted octanol–water partition coefficient (Wildman–Crippen LogP) is 4.09. The van der Waals surface area contributed by atoms with E-state index in [0.717, 1.165) is 22.7 Å². The van der Waals surface area contributed by atoms with Crippen LogP contribution in [0.2, 0.25) is 0 Å². The first-order chi connectivity index (χ1) is 14.6. The quantitative estimate of drug-likeness (QED) is 0.498. The van der Waals surface area contributed by atoms with Gasteiger partial charge in [-0.2, -0.15) is 5.10 Å². The Morgan fingerprint density at radius 1 is 1.00 bits per heavy atom. The maximum atomic E-state index is 5.77. The summed E-state index contributed by atoms with van der Waals surface area (Å²) < 4.78 is 12.8. The van der Waals surface area contributed by atoms with Crippen molar-refractivity contribution in [2.24, 2.45) is 0 Å². The first kappa shape index (κ1) is 19.4. The molecule has 1 aromatic carbocycles. The molecule has 0 aliphatic carbocycles. The average Bonchev–Trinajstić information content (AvgIpc) is 3.11. The first-order valence-corrected chi connectivity index (χ1v) is 9.47. The highest BCUT2D eigenvalue weighted by atomic mass is 16.5. The Bertz CT molecular complexity index is 1140. The van der Waals surface area contributed by atoms with E-state index in [2.05, 4.69) is 25.4 Å². The molecule has 0 spiro atoms. The van der Waals surface area contributed by atoms with E-state index in [1.807, 2.05) is 56.3 Å². The van der Waals surface area contributed by atoms with Gasteiger partial charge in [0.05, 0.1) is 25.2 Å². The van der Waals surface area contributed by atoms with Crippen LogP contribution in [0.1, 0.15) is 17.0 Å². The molecule has 3 heterocycles. The summed E-state index contributed by atoms with van der Waals surface area (Å²) in [6.07, 6.45) is 5.14. The largest absolute Gasteiger partial charge is 0.497 e. The number of benzene rings is 1. The van der Waals surface area contributed by atoms with Crippen LogP contribution in [0.15, 0.2) is 61.1 Å². The van der Waals surface area contributed by atoms with E-state index in [-0.39, 0.29) is 0 Å². The van der Waals surface area contributed by atoms with Crippen molar-refractivity contribution < 1.29 is 9.47 Å². The van der Waals surface area contributed by atoms with Gasteiger partial charge in [-0.1, -0.05) is 12.1 Å². The molecular weight excluding hydrogens is 380 g/mol. The number of pyridine rings is 1. The zero-order chi connectivity index (χ0) is 20.9. The molecule has 0 unspecified atom stereocenters. The van der Waals surface area contributed by atoms with E-state index in [0.29, 0.717) is 29.8 Å². The first-order valence-electron chi connectivity index (χ1n) is 9.47. The molecule has 0 radical (unpaired) electrons. The number of hydrogen-bond acceptors (Lipinski definition) is 7. The van der Waals surface area contributed by atoms with Gasteiger partial charge in [-0.25, -0.2) is 14.6 Å². The third-order valence-corrected chi connectivity index (χ3v) is 4.38. The lowest BCUT2D eigenvalue weighted by Gasteiger charge is -2.09. The third kappa shape index (κ3) is 4.54. The van der Waals surface area contributed by atoms with Crippen molar-refractivity contribution in [3.8, 4) is 23.2 Å². The standard InChI is InChI=1S/C22H22N6O2/c1-15-9-16(2)28(27-15)21-14-23-13-20(26-21)24-11-17-7-8-22(25-12-17)30-19-6-4-5-18(10-19)29-3/h4-10,12-14H,11H2,1-3H3,(H,24,26). The Hall–Kier alpha value is -3.94. The summed E-state index contributed by atoms with van der Waals surface area (Å²) in [4.78, 5) is 13.2. The lowest BCUT2D eigenvalue weighted by molar-refractivity contribution is 0.407. The van der Waals surface area contributed by atoms with Gasteiger partial charge in [0.2, 0.25) is 5.88 Å². The second kappa shape index (κ2) is 8.60. The maximum Gasteiger partial charge on any atom is 0.219 e. The number of ether oxygens (including phenoxy) is 2. The summed E-state index contributed by atoms with van der Waals surface area (Å²) in [5.41, 5.74) is 2.94. The zero-order valence-corrected chi connectivity index (χ0v) is 17.0. The van der Waals surface area contributed by atoms with Crippen LogP contribution >= 0.6 is 0 Å². The molecular formula is C22H22N6O2. The van der Waals surface area contributed by atoms with Crippen LogP contribution in [-0.2, 0) is 6.54 Å². The number of hydrogen-bond donors (Lipinski definition) is 1. The highest BCUT2D eigenvalue weighted by Gasteiger charge is 2.07. The summed E-state index contributed by atoms with van der Waals surface area (Å²) >= 11 is 0. The fraction of sp³-hybridized carbons (Fsp3) is 0.182. The summed E-state index contributed by atoms with van der Waals surface area (Å²) in [7, 11) is 1.62. The molecule has 0 bridgehead atoms. The number of methoxy groups -OCH3 is 1. The van der Waals surface area contributed by atoms with Crippen LogP contribution in [0, 0.1) is 13.8 Å².